The molecule has 5 rings (SSSR count). The third-order valence-corrected chi connectivity index (χ3v) is 7.46. The Balaban J connectivity index is 1.34. The number of likely N-dealkylation sites (tertiary alicyclic amines) is 1. The van der Waals surface area contributed by atoms with Crippen LogP contribution in [-0.4, -0.2) is 69.5 Å². The van der Waals surface area contributed by atoms with Gasteiger partial charge in [0.2, 0.25) is 0 Å². The Kier molecular flexibility index (Phi) is 8.03. The molecule has 0 spiro atoms. The van der Waals surface area contributed by atoms with Gasteiger partial charge in [-0.15, -0.1) is 0 Å². The molecule has 1 aromatic carbocycles. The quantitative estimate of drug-likeness (QED) is 0.361. The molecule has 4 atom stereocenters. The molecule has 2 aliphatic rings. The van der Waals surface area contributed by atoms with E-state index < -0.39 is 47.0 Å². The molecule has 4 heterocycles. The van der Waals surface area contributed by atoms with E-state index in [0.29, 0.717) is 49.5 Å². The summed E-state index contributed by atoms with van der Waals surface area (Å²) in [6, 6.07) is 6.44. The molecule has 2 saturated heterocycles. The van der Waals surface area contributed by atoms with Crippen LogP contribution in [0.4, 0.5) is 24.5 Å². The van der Waals surface area contributed by atoms with E-state index in [-0.39, 0.29) is 19.0 Å². The van der Waals surface area contributed by atoms with Crippen LogP contribution in [0.2, 0.25) is 0 Å². The average Bonchev–Trinajstić information content (AvgIpc) is 3.31. The fourth-order valence-electron chi connectivity index (χ4n) is 5.41. The van der Waals surface area contributed by atoms with E-state index in [1.54, 1.807) is 12.4 Å². The van der Waals surface area contributed by atoms with E-state index in [4.69, 9.17) is 5.73 Å². The first kappa shape index (κ1) is 27.3. The minimum atomic E-state index is -0.895. The molecular weight excluding hydrogens is 509 g/mol. The normalized spacial score (nSPS) is 23.8. The topological polar surface area (TPSA) is 111 Å². The van der Waals surface area contributed by atoms with Crippen LogP contribution in [0.1, 0.15) is 24.6 Å². The number of hydrogen-bond acceptors (Lipinski definition) is 8. The van der Waals surface area contributed by atoms with Gasteiger partial charge in [0.25, 0.3) is 0 Å². The van der Waals surface area contributed by atoms with Gasteiger partial charge in [-0.25, -0.2) is 18.2 Å². The lowest BCUT2D eigenvalue weighted by Crippen LogP contribution is -2.55. The average molecular weight is 543 g/mol. The minimum absolute atomic E-state index is 0.0192. The lowest BCUT2D eigenvalue weighted by atomic mass is 9.92. The number of nitrogens with one attached hydrogen (secondary N) is 1. The van der Waals surface area contributed by atoms with Gasteiger partial charge in [-0.3, -0.25) is 9.88 Å². The summed E-state index contributed by atoms with van der Waals surface area (Å²) in [5, 5.41) is 23.2. The number of hydrogen-bond donors (Lipinski definition) is 4. The summed E-state index contributed by atoms with van der Waals surface area (Å²) >= 11 is 0. The van der Waals surface area contributed by atoms with E-state index in [9.17, 15) is 14.6 Å². The number of aliphatic hydroxyl groups excluding tert-OH is 2. The zero-order valence-electron chi connectivity index (χ0n) is 21.7. The molecule has 8 nitrogen and oxygen atoms in total. The molecule has 39 heavy (non-hydrogen) atoms. The highest BCUT2D eigenvalue weighted by Gasteiger charge is 2.32. The first-order valence-corrected chi connectivity index (χ1v) is 13.1. The molecule has 0 saturated carbocycles. The lowest BCUT2D eigenvalue weighted by Gasteiger charge is -2.40. The number of aliphatic hydroxyl groups is 2. The molecular formula is C28H33F3N6O2. The van der Waals surface area contributed by atoms with Crippen molar-refractivity contribution >= 4 is 11.4 Å². The van der Waals surface area contributed by atoms with Crippen molar-refractivity contribution in [3.8, 4) is 11.3 Å². The van der Waals surface area contributed by atoms with Crippen molar-refractivity contribution in [2.75, 3.05) is 36.4 Å². The molecule has 0 aliphatic carbocycles. The molecule has 2 aromatic heterocycles. The van der Waals surface area contributed by atoms with Crippen LogP contribution in [0, 0.1) is 23.4 Å². The zero-order chi connectivity index (χ0) is 27.7. The predicted octanol–water partition coefficient (Wildman–Crippen LogP) is 2.88. The molecule has 0 amide bonds. The number of benzene rings is 1. The van der Waals surface area contributed by atoms with Crippen LogP contribution >= 0.6 is 0 Å². The Bertz CT molecular complexity index is 1290. The molecule has 1 unspecified atom stereocenters. The molecule has 2 fully saturated rings. The number of nitrogens with two attached hydrogens (primary N) is 1. The van der Waals surface area contributed by atoms with Crippen LogP contribution in [0.25, 0.3) is 11.3 Å². The van der Waals surface area contributed by atoms with Gasteiger partial charge in [0, 0.05) is 50.9 Å². The van der Waals surface area contributed by atoms with Crippen molar-refractivity contribution in [2.24, 2.45) is 11.7 Å². The maximum atomic E-state index is 15.1. The molecule has 0 bridgehead atoms. The van der Waals surface area contributed by atoms with Crippen molar-refractivity contribution in [1.82, 2.24) is 14.9 Å². The summed E-state index contributed by atoms with van der Waals surface area (Å²) in [7, 11) is 0. The van der Waals surface area contributed by atoms with Crippen molar-refractivity contribution in [3.63, 3.8) is 0 Å². The Morgan fingerprint density at radius 3 is 2.51 bits per heavy atom. The SMILES string of the molecule is C[C@H]1CN(c2ccncc2NCc2ccc(F)c(-c3c(F)cc(CN4CCC(O)C4)cc3F)n2)C[C@@H](N)[C@@H]1O. The number of rotatable bonds is 7. The Morgan fingerprint density at radius 2 is 1.82 bits per heavy atom. The molecule has 3 aromatic rings. The van der Waals surface area contributed by atoms with Crippen molar-refractivity contribution in [2.45, 2.75) is 44.7 Å². The second kappa shape index (κ2) is 11.5. The largest absolute Gasteiger partial charge is 0.392 e. The molecule has 208 valence electrons. The maximum Gasteiger partial charge on any atom is 0.149 e. The number of pyridine rings is 2. The molecule has 5 N–H and O–H groups in total. The maximum absolute atomic E-state index is 15.1. The smallest absolute Gasteiger partial charge is 0.149 e. The molecule has 2 aliphatic heterocycles. The second-order valence-electron chi connectivity index (χ2n) is 10.5. The van der Waals surface area contributed by atoms with Crippen LogP contribution in [0.5, 0.6) is 0 Å². The Morgan fingerprint density at radius 1 is 1.05 bits per heavy atom. The van der Waals surface area contributed by atoms with Gasteiger partial charge in [-0.1, -0.05) is 6.92 Å². The second-order valence-corrected chi connectivity index (χ2v) is 10.5. The fraction of sp³-hybridized carbons (Fsp3) is 0.429. The summed E-state index contributed by atoms with van der Waals surface area (Å²) < 4.78 is 44.9. The lowest BCUT2D eigenvalue weighted by molar-refractivity contribution is 0.0785. The van der Waals surface area contributed by atoms with E-state index >= 15 is 8.78 Å². The van der Waals surface area contributed by atoms with E-state index in [1.165, 1.54) is 18.2 Å². The van der Waals surface area contributed by atoms with Gasteiger partial charge in [0.15, 0.2) is 0 Å². The van der Waals surface area contributed by atoms with Crippen LogP contribution in [0.3, 0.4) is 0 Å². The monoisotopic (exact) mass is 542 g/mol. The summed E-state index contributed by atoms with van der Waals surface area (Å²) in [5.74, 6) is -2.64. The van der Waals surface area contributed by atoms with Gasteiger partial charge in [-0.2, -0.15) is 0 Å². The minimum Gasteiger partial charge on any atom is -0.392 e. The predicted molar refractivity (Wildman–Crippen MR) is 142 cm³/mol. The van der Waals surface area contributed by atoms with Gasteiger partial charge in [0.05, 0.1) is 47.6 Å². The number of piperidine rings is 1. The number of β-amino-alcohol motifs (C(OH)–C–C–N with tert-alkyl or cyclic N) is 1. The van der Waals surface area contributed by atoms with Gasteiger partial charge in [0.1, 0.15) is 23.1 Å². The van der Waals surface area contributed by atoms with Gasteiger partial charge >= 0.3 is 0 Å². The molecule has 11 heteroatoms. The van der Waals surface area contributed by atoms with Crippen LogP contribution in [-0.2, 0) is 13.1 Å². The number of aromatic nitrogens is 2. The van der Waals surface area contributed by atoms with E-state index in [0.717, 1.165) is 11.8 Å². The van der Waals surface area contributed by atoms with Crippen LogP contribution in [0.15, 0.2) is 42.7 Å². The zero-order valence-corrected chi connectivity index (χ0v) is 21.7. The standard InChI is InChI=1S/C28H33F3N6O2/c1-16-12-37(15-23(32)28(16)39)25-4-6-33-11-24(25)34-10-18-2-3-20(29)27(35-18)26-21(30)8-17(9-22(26)31)13-36-7-5-19(38)14-36/h2-4,6,8-9,11,16,19,23,28,34,38-39H,5,7,10,12-15,32H2,1H3/t16-,19?,23+,28+/m0/s1. The first-order valence-electron chi connectivity index (χ1n) is 13.1. The third-order valence-electron chi connectivity index (χ3n) is 7.46. The summed E-state index contributed by atoms with van der Waals surface area (Å²) in [6.45, 7) is 4.55. The third kappa shape index (κ3) is 6.01. The fourth-order valence-corrected chi connectivity index (χ4v) is 5.41. The van der Waals surface area contributed by atoms with Crippen LogP contribution < -0.4 is 16.0 Å². The number of anilines is 2. The van der Waals surface area contributed by atoms with Crippen molar-refractivity contribution in [1.29, 1.82) is 0 Å². The summed E-state index contributed by atoms with van der Waals surface area (Å²) in [4.78, 5) is 12.4. The highest BCUT2D eigenvalue weighted by atomic mass is 19.1. The Hall–Kier alpha value is -3.25. The summed E-state index contributed by atoms with van der Waals surface area (Å²) in [6.07, 6.45) is 2.91. The number of halogens is 3. The highest BCUT2D eigenvalue weighted by Crippen LogP contribution is 2.31. The van der Waals surface area contributed by atoms with Gasteiger partial charge < -0.3 is 26.2 Å². The highest BCUT2D eigenvalue weighted by molar-refractivity contribution is 5.69. The number of nitrogens with zero attached hydrogens (tertiary/aromatic N) is 4. The summed E-state index contributed by atoms with van der Waals surface area (Å²) in [5.41, 5.74) is 7.54. The van der Waals surface area contributed by atoms with Gasteiger partial charge in [-0.05, 0) is 42.3 Å². The van der Waals surface area contributed by atoms with E-state index in [2.05, 4.69) is 20.2 Å². The Labute approximate surface area is 225 Å². The van der Waals surface area contributed by atoms with E-state index in [1.807, 2.05) is 17.9 Å². The first-order chi connectivity index (χ1) is 18.7. The van der Waals surface area contributed by atoms with Crippen molar-refractivity contribution < 1.29 is 23.4 Å². The molecule has 0 radical (unpaired) electrons. The van der Waals surface area contributed by atoms with Crippen molar-refractivity contribution in [3.05, 3.63) is 71.4 Å².